The number of hydrogen-bond acceptors (Lipinski definition) is 4. The highest BCUT2D eigenvalue weighted by atomic mass is 35.5. The first-order valence-corrected chi connectivity index (χ1v) is 9.31. The Morgan fingerprint density at radius 1 is 1.11 bits per heavy atom. The fourth-order valence-electron chi connectivity index (χ4n) is 2.39. The van der Waals surface area contributed by atoms with Crippen LogP contribution in [0.2, 0.25) is 10.0 Å². The van der Waals surface area contributed by atoms with Crippen LogP contribution in [0.15, 0.2) is 55.0 Å². The molecular formula is C20H21Cl2N3O3. The van der Waals surface area contributed by atoms with Crippen molar-refractivity contribution in [1.29, 1.82) is 0 Å². The maximum absolute atomic E-state index is 10.6. The van der Waals surface area contributed by atoms with Crippen LogP contribution in [0.25, 0.3) is 16.8 Å². The number of aliphatic hydroxyl groups excluding tert-OH is 1. The normalized spacial score (nSPS) is 10.3. The van der Waals surface area contributed by atoms with E-state index in [2.05, 4.69) is 4.98 Å². The van der Waals surface area contributed by atoms with Crippen LogP contribution in [0, 0.1) is 0 Å². The molecular weight excluding hydrogens is 401 g/mol. The van der Waals surface area contributed by atoms with Crippen LogP contribution in [0.1, 0.15) is 12.1 Å². The monoisotopic (exact) mass is 421 g/mol. The topological polar surface area (TPSA) is 101 Å². The van der Waals surface area contributed by atoms with Gasteiger partial charge in [0.15, 0.2) is 0 Å². The SMILES string of the molecule is NCCO.O=C(O)CCc1cn(-c2cccc(-c3ccc(Cl)c(Cl)c3)c2)cn1. The van der Waals surface area contributed by atoms with Gasteiger partial charge in [0.05, 0.1) is 35.1 Å². The number of hydrogen-bond donors (Lipinski definition) is 3. The largest absolute Gasteiger partial charge is 0.481 e. The van der Waals surface area contributed by atoms with E-state index in [1.54, 1.807) is 12.4 Å². The summed E-state index contributed by atoms with van der Waals surface area (Å²) >= 11 is 12.1. The van der Waals surface area contributed by atoms with E-state index in [1.807, 2.05) is 47.2 Å². The third-order valence-electron chi connectivity index (χ3n) is 3.76. The fourth-order valence-corrected chi connectivity index (χ4v) is 2.69. The van der Waals surface area contributed by atoms with Gasteiger partial charge < -0.3 is 20.5 Å². The highest BCUT2D eigenvalue weighted by molar-refractivity contribution is 6.42. The molecule has 0 amide bonds. The summed E-state index contributed by atoms with van der Waals surface area (Å²) in [5.74, 6) is -0.828. The number of carboxylic acid groups (broad SMARTS) is 1. The zero-order valence-electron chi connectivity index (χ0n) is 15.1. The van der Waals surface area contributed by atoms with Gasteiger partial charge in [-0.3, -0.25) is 4.79 Å². The van der Waals surface area contributed by atoms with Crippen molar-refractivity contribution in [1.82, 2.24) is 9.55 Å². The quantitative estimate of drug-likeness (QED) is 0.561. The number of halogens is 2. The highest BCUT2D eigenvalue weighted by Gasteiger charge is 2.06. The lowest BCUT2D eigenvalue weighted by molar-refractivity contribution is -0.136. The molecule has 0 spiro atoms. The molecule has 0 bridgehead atoms. The maximum Gasteiger partial charge on any atom is 0.303 e. The van der Waals surface area contributed by atoms with Crippen molar-refractivity contribution in [3.05, 3.63) is 70.7 Å². The first-order valence-electron chi connectivity index (χ1n) is 8.56. The van der Waals surface area contributed by atoms with Crippen molar-refractivity contribution in [2.45, 2.75) is 12.8 Å². The van der Waals surface area contributed by atoms with Gasteiger partial charge in [-0.05, 0) is 35.4 Å². The van der Waals surface area contributed by atoms with E-state index in [-0.39, 0.29) is 13.0 Å². The summed E-state index contributed by atoms with van der Waals surface area (Å²) in [5, 5.41) is 17.5. The van der Waals surface area contributed by atoms with Gasteiger partial charge in [0, 0.05) is 24.8 Å². The number of aryl methyl sites for hydroxylation is 1. The van der Waals surface area contributed by atoms with Crippen LogP contribution in [0.5, 0.6) is 0 Å². The summed E-state index contributed by atoms with van der Waals surface area (Å²) in [6.45, 7) is 0.472. The van der Waals surface area contributed by atoms with E-state index < -0.39 is 5.97 Å². The van der Waals surface area contributed by atoms with Crippen LogP contribution < -0.4 is 5.73 Å². The van der Waals surface area contributed by atoms with Gasteiger partial charge in [-0.2, -0.15) is 0 Å². The molecule has 1 heterocycles. The van der Waals surface area contributed by atoms with Gasteiger partial charge in [0.1, 0.15) is 0 Å². The summed E-state index contributed by atoms with van der Waals surface area (Å²) in [4.78, 5) is 14.9. The summed E-state index contributed by atoms with van der Waals surface area (Å²) in [7, 11) is 0. The molecule has 0 aliphatic rings. The molecule has 2 aromatic carbocycles. The zero-order valence-corrected chi connectivity index (χ0v) is 16.6. The Hall–Kier alpha value is -2.38. The van der Waals surface area contributed by atoms with Crippen molar-refractivity contribution in [2.75, 3.05) is 13.2 Å². The lowest BCUT2D eigenvalue weighted by Crippen LogP contribution is -2.02. The highest BCUT2D eigenvalue weighted by Crippen LogP contribution is 2.29. The van der Waals surface area contributed by atoms with E-state index in [4.69, 9.17) is 39.1 Å². The Kier molecular flexibility index (Phi) is 8.47. The van der Waals surface area contributed by atoms with Crippen molar-refractivity contribution in [3.8, 4) is 16.8 Å². The first-order chi connectivity index (χ1) is 13.4. The van der Waals surface area contributed by atoms with Gasteiger partial charge in [0.2, 0.25) is 0 Å². The Labute approximate surface area is 173 Å². The van der Waals surface area contributed by atoms with Gasteiger partial charge in [-0.25, -0.2) is 4.98 Å². The minimum absolute atomic E-state index is 0.0698. The molecule has 0 saturated heterocycles. The van der Waals surface area contributed by atoms with E-state index in [0.717, 1.165) is 22.5 Å². The molecule has 0 aliphatic heterocycles. The molecule has 6 nitrogen and oxygen atoms in total. The molecule has 0 unspecified atom stereocenters. The molecule has 4 N–H and O–H groups in total. The molecule has 28 heavy (non-hydrogen) atoms. The second kappa shape index (κ2) is 10.8. The van der Waals surface area contributed by atoms with Gasteiger partial charge >= 0.3 is 5.97 Å². The lowest BCUT2D eigenvalue weighted by atomic mass is 10.1. The number of rotatable bonds is 6. The van der Waals surface area contributed by atoms with Crippen LogP contribution >= 0.6 is 23.2 Å². The average Bonchev–Trinajstić information content (AvgIpc) is 3.18. The summed E-state index contributed by atoms with van der Waals surface area (Å²) in [6.07, 6.45) is 4.01. The standard InChI is InChI=1S/C18H14Cl2N2O2.C2H7NO/c19-16-6-4-13(9-17(16)20)12-2-1-3-15(8-12)22-10-14(21-11-22)5-7-18(23)24;3-1-2-4/h1-4,6,8-11H,5,7H2,(H,23,24);4H,1-3H2. The van der Waals surface area contributed by atoms with Crippen LogP contribution in [-0.4, -0.2) is 38.9 Å². The smallest absolute Gasteiger partial charge is 0.303 e. The Morgan fingerprint density at radius 3 is 2.46 bits per heavy atom. The summed E-state index contributed by atoms with van der Waals surface area (Å²) < 4.78 is 1.87. The Morgan fingerprint density at radius 2 is 1.82 bits per heavy atom. The van der Waals surface area contributed by atoms with Gasteiger partial charge in [-0.15, -0.1) is 0 Å². The molecule has 0 atom stereocenters. The minimum Gasteiger partial charge on any atom is -0.481 e. The maximum atomic E-state index is 10.6. The minimum atomic E-state index is -0.828. The number of aliphatic carboxylic acids is 1. The van der Waals surface area contributed by atoms with Crippen molar-refractivity contribution < 1.29 is 15.0 Å². The number of carbonyl (C=O) groups is 1. The van der Waals surface area contributed by atoms with Crippen molar-refractivity contribution in [2.24, 2.45) is 5.73 Å². The summed E-state index contributed by atoms with van der Waals surface area (Å²) in [6, 6.07) is 13.4. The number of nitrogens with two attached hydrogens (primary N) is 1. The second-order valence-electron chi connectivity index (χ2n) is 5.86. The molecule has 3 rings (SSSR count). The van der Waals surface area contributed by atoms with Gasteiger partial charge in [0.25, 0.3) is 0 Å². The predicted octanol–water partition coefficient (Wildman–Crippen LogP) is 3.80. The van der Waals surface area contributed by atoms with Crippen molar-refractivity contribution in [3.63, 3.8) is 0 Å². The molecule has 0 saturated carbocycles. The molecule has 148 valence electrons. The van der Waals surface area contributed by atoms with E-state index >= 15 is 0 Å². The van der Waals surface area contributed by atoms with Crippen LogP contribution in [0.3, 0.4) is 0 Å². The molecule has 0 radical (unpaired) electrons. The average molecular weight is 422 g/mol. The zero-order chi connectivity index (χ0) is 20.5. The number of imidazole rings is 1. The number of nitrogens with zero attached hydrogens (tertiary/aromatic N) is 2. The van der Waals surface area contributed by atoms with E-state index in [0.29, 0.717) is 23.0 Å². The third-order valence-corrected chi connectivity index (χ3v) is 4.50. The molecule has 8 heteroatoms. The Bertz CT molecular complexity index is 927. The predicted molar refractivity (Wildman–Crippen MR) is 111 cm³/mol. The molecule has 0 aliphatic carbocycles. The first kappa shape index (κ1) is 21.9. The number of aromatic nitrogens is 2. The third kappa shape index (κ3) is 6.35. The van der Waals surface area contributed by atoms with Crippen LogP contribution in [0.4, 0.5) is 0 Å². The lowest BCUT2D eigenvalue weighted by Gasteiger charge is -2.07. The van der Waals surface area contributed by atoms with E-state index in [9.17, 15) is 4.79 Å². The summed E-state index contributed by atoms with van der Waals surface area (Å²) in [5.41, 5.74) is 8.44. The Balaban J connectivity index is 0.000000640. The number of aliphatic hydroxyl groups is 1. The van der Waals surface area contributed by atoms with Crippen LogP contribution in [-0.2, 0) is 11.2 Å². The fraction of sp³-hybridized carbons (Fsp3) is 0.200. The second-order valence-corrected chi connectivity index (χ2v) is 6.67. The molecule has 0 fully saturated rings. The van der Waals surface area contributed by atoms with E-state index in [1.165, 1.54) is 0 Å². The molecule has 1 aromatic heterocycles. The number of carboxylic acids is 1. The molecule has 3 aromatic rings. The number of benzene rings is 2. The van der Waals surface area contributed by atoms with Crippen molar-refractivity contribution >= 4 is 29.2 Å². The van der Waals surface area contributed by atoms with Gasteiger partial charge in [-0.1, -0.05) is 41.4 Å².